The molecule has 1 saturated heterocycles. The standard InChI is InChI=1S/C22H25N3O4S/c1-16(27)21(20(28)15-26)23-22(29)25-12-10-24(11-13-25)18-7-4-17(5-8-18)6-9-19-3-2-14-30-19/h2-5,7-8,14,16,21,26-27H,10-13,15H2,1H3,(H,23,29)/t16-,21+/m1/s1. The van der Waals surface area contributed by atoms with Gasteiger partial charge in [0.2, 0.25) is 0 Å². The van der Waals surface area contributed by atoms with Crippen LogP contribution in [0.25, 0.3) is 0 Å². The number of aliphatic hydroxyl groups is 2. The van der Waals surface area contributed by atoms with E-state index in [2.05, 4.69) is 22.1 Å². The van der Waals surface area contributed by atoms with E-state index in [0.29, 0.717) is 26.2 Å². The van der Waals surface area contributed by atoms with Crippen LogP contribution in [0.15, 0.2) is 41.8 Å². The summed E-state index contributed by atoms with van der Waals surface area (Å²) >= 11 is 1.61. The van der Waals surface area contributed by atoms with Gasteiger partial charge in [0.05, 0.1) is 11.0 Å². The maximum absolute atomic E-state index is 12.4. The number of rotatable bonds is 5. The number of anilines is 1. The van der Waals surface area contributed by atoms with Gasteiger partial charge in [-0.2, -0.15) is 0 Å². The van der Waals surface area contributed by atoms with Crippen LogP contribution in [0.2, 0.25) is 0 Å². The summed E-state index contributed by atoms with van der Waals surface area (Å²) in [5.41, 5.74) is 2.01. The second-order valence-corrected chi connectivity index (χ2v) is 7.99. The number of thiophene rings is 1. The van der Waals surface area contributed by atoms with Crippen molar-refractivity contribution in [2.75, 3.05) is 37.7 Å². The van der Waals surface area contributed by atoms with Crippen LogP contribution in [-0.2, 0) is 4.79 Å². The van der Waals surface area contributed by atoms with Gasteiger partial charge in [0, 0.05) is 37.4 Å². The molecule has 1 aliphatic heterocycles. The molecule has 2 amide bonds. The Kier molecular flexibility index (Phi) is 7.46. The highest BCUT2D eigenvalue weighted by Gasteiger charge is 2.28. The van der Waals surface area contributed by atoms with Crippen molar-refractivity contribution in [1.29, 1.82) is 0 Å². The Bertz CT molecular complexity index is 908. The van der Waals surface area contributed by atoms with Gasteiger partial charge >= 0.3 is 6.03 Å². The number of nitrogens with one attached hydrogen (secondary N) is 1. The first kappa shape index (κ1) is 21.8. The van der Waals surface area contributed by atoms with Crippen molar-refractivity contribution in [3.8, 4) is 11.8 Å². The number of Topliss-reactive ketones (excluding diaryl/α,β-unsaturated/α-hetero) is 1. The smallest absolute Gasteiger partial charge is 0.318 e. The van der Waals surface area contributed by atoms with Crippen molar-refractivity contribution in [2.45, 2.75) is 19.1 Å². The lowest BCUT2D eigenvalue weighted by molar-refractivity contribution is -0.125. The van der Waals surface area contributed by atoms with Gasteiger partial charge in [-0.1, -0.05) is 17.9 Å². The Hall–Kier alpha value is -2.86. The number of nitrogens with zero attached hydrogens (tertiary/aromatic N) is 2. The fourth-order valence-corrected chi connectivity index (χ4v) is 3.77. The monoisotopic (exact) mass is 427 g/mol. The van der Waals surface area contributed by atoms with Gasteiger partial charge in [-0.05, 0) is 42.6 Å². The molecule has 0 unspecified atom stereocenters. The summed E-state index contributed by atoms with van der Waals surface area (Å²) in [5, 5.41) is 23.2. The molecule has 0 radical (unpaired) electrons. The fraction of sp³-hybridized carbons (Fsp3) is 0.364. The quantitative estimate of drug-likeness (QED) is 0.626. The molecular formula is C22H25N3O4S. The number of piperazine rings is 1. The Balaban J connectivity index is 1.53. The number of urea groups is 1. The highest BCUT2D eigenvalue weighted by atomic mass is 32.1. The molecule has 0 aliphatic carbocycles. The van der Waals surface area contributed by atoms with Crippen LogP contribution in [-0.4, -0.2) is 71.9 Å². The number of hydrogen-bond donors (Lipinski definition) is 3. The van der Waals surface area contributed by atoms with Crippen LogP contribution >= 0.6 is 11.3 Å². The van der Waals surface area contributed by atoms with Crippen LogP contribution in [0.4, 0.5) is 10.5 Å². The van der Waals surface area contributed by atoms with E-state index in [1.54, 1.807) is 16.2 Å². The van der Waals surface area contributed by atoms with Gasteiger partial charge < -0.3 is 25.3 Å². The fourth-order valence-electron chi connectivity index (χ4n) is 3.20. The van der Waals surface area contributed by atoms with E-state index in [9.17, 15) is 14.7 Å². The van der Waals surface area contributed by atoms with E-state index in [-0.39, 0.29) is 0 Å². The predicted octanol–water partition coefficient (Wildman–Crippen LogP) is 1.29. The third-order valence-corrected chi connectivity index (χ3v) is 5.70. The third kappa shape index (κ3) is 5.60. The van der Waals surface area contributed by atoms with Crippen molar-refractivity contribution in [3.05, 3.63) is 52.2 Å². The van der Waals surface area contributed by atoms with Crippen molar-refractivity contribution < 1.29 is 19.8 Å². The van der Waals surface area contributed by atoms with Gasteiger partial charge in [0.25, 0.3) is 0 Å². The number of ketones is 1. The third-order valence-electron chi connectivity index (χ3n) is 4.91. The molecule has 1 aromatic carbocycles. The average molecular weight is 428 g/mol. The Labute approximate surface area is 179 Å². The second kappa shape index (κ2) is 10.3. The number of carbonyl (C=O) groups is 2. The molecule has 1 fully saturated rings. The first-order valence-electron chi connectivity index (χ1n) is 9.75. The summed E-state index contributed by atoms with van der Waals surface area (Å²) in [6.45, 7) is 2.97. The molecule has 8 heteroatoms. The van der Waals surface area contributed by atoms with Crippen molar-refractivity contribution in [1.82, 2.24) is 10.2 Å². The van der Waals surface area contributed by atoms with Crippen LogP contribution < -0.4 is 10.2 Å². The molecule has 30 heavy (non-hydrogen) atoms. The van der Waals surface area contributed by atoms with Crippen LogP contribution in [0.5, 0.6) is 0 Å². The summed E-state index contributed by atoms with van der Waals surface area (Å²) in [6.07, 6.45) is -1.07. The molecule has 0 spiro atoms. The predicted molar refractivity (Wildman–Crippen MR) is 117 cm³/mol. The van der Waals surface area contributed by atoms with E-state index >= 15 is 0 Å². The van der Waals surface area contributed by atoms with Gasteiger partial charge in [-0.3, -0.25) is 4.79 Å². The first-order chi connectivity index (χ1) is 14.5. The highest BCUT2D eigenvalue weighted by Crippen LogP contribution is 2.17. The van der Waals surface area contributed by atoms with Crippen LogP contribution in [0, 0.1) is 11.8 Å². The van der Waals surface area contributed by atoms with Crippen LogP contribution in [0.3, 0.4) is 0 Å². The molecular weight excluding hydrogens is 402 g/mol. The van der Waals surface area contributed by atoms with Gasteiger partial charge in [0.15, 0.2) is 5.78 Å². The maximum Gasteiger partial charge on any atom is 0.318 e. The summed E-state index contributed by atoms with van der Waals surface area (Å²) < 4.78 is 0. The highest BCUT2D eigenvalue weighted by molar-refractivity contribution is 7.10. The minimum Gasteiger partial charge on any atom is -0.391 e. The minimum atomic E-state index is -1.11. The number of carbonyl (C=O) groups excluding carboxylic acids is 2. The summed E-state index contributed by atoms with van der Waals surface area (Å²) in [6, 6.07) is 10.5. The molecule has 1 aromatic heterocycles. The molecule has 2 atom stereocenters. The number of hydrogen-bond acceptors (Lipinski definition) is 6. The first-order valence-corrected chi connectivity index (χ1v) is 10.6. The average Bonchev–Trinajstić information content (AvgIpc) is 3.29. The van der Waals surface area contributed by atoms with Gasteiger partial charge in [-0.25, -0.2) is 4.79 Å². The molecule has 0 bridgehead atoms. The topological polar surface area (TPSA) is 93.1 Å². The van der Waals surface area contributed by atoms with Crippen LogP contribution in [0.1, 0.15) is 17.4 Å². The van der Waals surface area contributed by atoms with Crippen molar-refractivity contribution in [3.63, 3.8) is 0 Å². The molecule has 0 saturated carbocycles. The molecule has 1 aliphatic rings. The van der Waals surface area contributed by atoms with E-state index in [1.807, 2.05) is 41.8 Å². The zero-order chi connectivity index (χ0) is 21.5. The SMILES string of the molecule is C[C@@H](O)[C@H](NC(=O)N1CCN(c2ccc(C#Cc3cccs3)cc2)CC1)C(=O)CO. The molecule has 2 aromatic rings. The van der Waals surface area contributed by atoms with E-state index < -0.39 is 30.6 Å². The van der Waals surface area contributed by atoms with E-state index in [4.69, 9.17) is 5.11 Å². The van der Waals surface area contributed by atoms with Gasteiger partial charge in [-0.15, -0.1) is 11.3 Å². The Morgan fingerprint density at radius 3 is 2.40 bits per heavy atom. The second-order valence-electron chi connectivity index (χ2n) is 7.04. The van der Waals surface area contributed by atoms with E-state index in [1.165, 1.54) is 6.92 Å². The number of benzene rings is 1. The Morgan fingerprint density at radius 1 is 1.13 bits per heavy atom. The number of amides is 2. The summed E-state index contributed by atoms with van der Waals surface area (Å²) in [4.78, 5) is 28.9. The van der Waals surface area contributed by atoms with E-state index in [0.717, 1.165) is 16.1 Å². The summed E-state index contributed by atoms with van der Waals surface area (Å²) in [7, 11) is 0. The lowest BCUT2D eigenvalue weighted by Gasteiger charge is -2.36. The lowest BCUT2D eigenvalue weighted by Crippen LogP contribution is -2.57. The Morgan fingerprint density at radius 2 is 1.83 bits per heavy atom. The lowest BCUT2D eigenvalue weighted by atomic mass is 10.1. The van der Waals surface area contributed by atoms with Gasteiger partial charge in [0.1, 0.15) is 12.6 Å². The number of aliphatic hydroxyl groups excluding tert-OH is 2. The zero-order valence-corrected chi connectivity index (χ0v) is 17.6. The minimum absolute atomic E-state index is 0.415. The molecule has 3 N–H and O–H groups in total. The maximum atomic E-state index is 12.4. The molecule has 7 nitrogen and oxygen atoms in total. The summed E-state index contributed by atoms with van der Waals surface area (Å²) in [5.74, 6) is 5.68. The molecule has 3 rings (SSSR count). The van der Waals surface area contributed by atoms with Crippen molar-refractivity contribution in [2.24, 2.45) is 0 Å². The molecule has 2 heterocycles. The normalized spacial score (nSPS) is 15.7. The largest absolute Gasteiger partial charge is 0.391 e. The molecule has 158 valence electrons. The van der Waals surface area contributed by atoms with Crippen molar-refractivity contribution >= 4 is 28.8 Å². The zero-order valence-electron chi connectivity index (χ0n) is 16.7.